The molecule has 2 atom stereocenters. The van der Waals surface area contributed by atoms with Gasteiger partial charge in [-0.25, -0.2) is 0 Å². The molecule has 0 aromatic heterocycles. The van der Waals surface area contributed by atoms with Gasteiger partial charge in [0.2, 0.25) is 11.8 Å². The Morgan fingerprint density at radius 2 is 1.28 bits per heavy atom. The molecule has 4 nitrogen and oxygen atoms in total. The third kappa shape index (κ3) is 6.67. The second kappa shape index (κ2) is 9.97. The highest BCUT2D eigenvalue weighted by Gasteiger charge is 2.22. The summed E-state index contributed by atoms with van der Waals surface area (Å²) < 4.78 is 0. The summed E-state index contributed by atoms with van der Waals surface area (Å²) in [5, 5.41) is 5.47. The molecule has 0 radical (unpaired) electrons. The van der Waals surface area contributed by atoms with Crippen molar-refractivity contribution in [2.75, 3.05) is 11.8 Å². The van der Waals surface area contributed by atoms with Crippen molar-refractivity contribution in [2.24, 2.45) is 0 Å². The summed E-state index contributed by atoms with van der Waals surface area (Å²) in [4.78, 5) is 22.6. The minimum absolute atomic E-state index is 0.127. The molecule has 0 rings (SSSR count). The van der Waals surface area contributed by atoms with Gasteiger partial charge in [-0.05, 0) is 12.8 Å². The lowest BCUT2D eigenvalue weighted by atomic mass is 10.0. The Morgan fingerprint density at radius 3 is 1.50 bits per heavy atom. The Balaban J connectivity index is 4.72. The highest BCUT2D eigenvalue weighted by atomic mass is 35.5. The fourth-order valence-electron chi connectivity index (χ4n) is 1.50. The lowest BCUT2D eigenvalue weighted by Gasteiger charge is -2.27. The molecule has 2 unspecified atom stereocenters. The van der Waals surface area contributed by atoms with E-state index in [9.17, 15) is 9.59 Å². The molecule has 0 heterocycles. The molecule has 0 aliphatic heterocycles. The zero-order chi connectivity index (χ0) is 14.0. The van der Waals surface area contributed by atoms with Crippen molar-refractivity contribution in [3.8, 4) is 0 Å². The van der Waals surface area contributed by atoms with E-state index in [0.29, 0.717) is 12.8 Å². The standard InChI is InChI=1S/C12H18Cl2N2O2/c1-3-5-9(15-11(17)7-13)10(6-4-2)16-12(18)8-14/h3-4,9-10H,1-2,5-8H2,(H,15,17)(H,16,18). The van der Waals surface area contributed by atoms with Crippen LogP contribution in [0.2, 0.25) is 0 Å². The Morgan fingerprint density at radius 1 is 0.944 bits per heavy atom. The first kappa shape index (κ1) is 17.0. The van der Waals surface area contributed by atoms with Gasteiger partial charge in [-0.1, -0.05) is 12.2 Å². The van der Waals surface area contributed by atoms with E-state index in [4.69, 9.17) is 23.2 Å². The average molecular weight is 293 g/mol. The lowest BCUT2D eigenvalue weighted by Crippen LogP contribution is -2.52. The maximum absolute atomic E-state index is 11.3. The second-order valence-corrected chi connectivity index (χ2v) is 4.20. The molecule has 0 aromatic rings. The minimum atomic E-state index is -0.294. The molecule has 18 heavy (non-hydrogen) atoms. The second-order valence-electron chi connectivity index (χ2n) is 3.66. The van der Waals surface area contributed by atoms with Crippen molar-refractivity contribution in [3.63, 3.8) is 0 Å². The van der Waals surface area contributed by atoms with Gasteiger partial charge in [-0.15, -0.1) is 36.4 Å². The van der Waals surface area contributed by atoms with Crippen LogP contribution in [0.15, 0.2) is 25.3 Å². The van der Waals surface area contributed by atoms with Crippen LogP contribution < -0.4 is 10.6 Å². The number of carbonyl (C=O) groups excluding carboxylic acids is 2. The Labute approximate surface area is 117 Å². The third-order valence-electron chi connectivity index (χ3n) is 2.26. The molecule has 0 saturated heterocycles. The van der Waals surface area contributed by atoms with E-state index in [1.807, 2.05) is 0 Å². The number of hydrogen-bond donors (Lipinski definition) is 2. The molecule has 0 aliphatic carbocycles. The van der Waals surface area contributed by atoms with Crippen molar-refractivity contribution in [1.82, 2.24) is 10.6 Å². The van der Waals surface area contributed by atoms with Crippen molar-refractivity contribution < 1.29 is 9.59 Å². The predicted octanol–water partition coefficient (Wildman–Crippen LogP) is 1.59. The first-order valence-corrected chi connectivity index (χ1v) is 6.58. The van der Waals surface area contributed by atoms with E-state index < -0.39 is 0 Å². The number of nitrogens with one attached hydrogen (secondary N) is 2. The molecular formula is C12H18Cl2N2O2. The largest absolute Gasteiger partial charge is 0.350 e. The molecule has 0 aliphatic rings. The highest BCUT2D eigenvalue weighted by Crippen LogP contribution is 2.06. The van der Waals surface area contributed by atoms with Gasteiger partial charge in [0.15, 0.2) is 0 Å². The van der Waals surface area contributed by atoms with Crippen molar-refractivity contribution in [1.29, 1.82) is 0 Å². The van der Waals surface area contributed by atoms with Gasteiger partial charge >= 0.3 is 0 Å². The van der Waals surface area contributed by atoms with Crippen LogP contribution >= 0.6 is 23.2 Å². The normalized spacial score (nSPS) is 13.2. The van der Waals surface area contributed by atoms with Gasteiger partial charge in [0.1, 0.15) is 11.8 Å². The van der Waals surface area contributed by atoms with E-state index in [1.54, 1.807) is 12.2 Å². The van der Waals surface area contributed by atoms with E-state index in [-0.39, 0.29) is 35.7 Å². The summed E-state index contributed by atoms with van der Waals surface area (Å²) in [6.07, 6.45) is 4.37. The SMILES string of the molecule is C=CCC(NC(=O)CCl)C(CC=C)NC(=O)CCl. The van der Waals surface area contributed by atoms with E-state index >= 15 is 0 Å². The quantitative estimate of drug-likeness (QED) is 0.501. The zero-order valence-corrected chi connectivity index (χ0v) is 11.6. The summed E-state index contributed by atoms with van der Waals surface area (Å²) in [5.74, 6) is -0.842. The molecule has 2 amide bonds. The van der Waals surface area contributed by atoms with Gasteiger partial charge in [-0.3, -0.25) is 9.59 Å². The molecule has 0 spiro atoms. The first-order chi connectivity index (χ1) is 8.58. The van der Waals surface area contributed by atoms with Crippen LogP contribution in [0, 0.1) is 0 Å². The van der Waals surface area contributed by atoms with Gasteiger partial charge < -0.3 is 10.6 Å². The average Bonchev–Trinajstić information content (AvgIpc) is 2.37. The summed E-state index contributed by atoms with van der Waals surface area (Å²) in [5.41, 5.74) is 0. The van der Waals surface area contributed by atoms with E-state index in [0.717, 1.165) is 0 Å². The molecule has 0 bridgehead atoms. The van der Waals surface area contributed by atoms with Crippen LogP contribution in [0.3, 0.4) is 0 Å². The highest BCUT2D eigenvalue weighted by molar-refractivity contribution is 6.27. The monoisotopic (exact) mass is 292 g/mol. The molecule has 2 N–H and O–H groups in total. The Hall–Kier alpha value is -1.000. The van der Waals surface area contributed by atoms with Gasteiger partial charge in [0.25, 0.3) is 0 Å². The number of halogens is 2. The van der Waals surface area contributed by atoms with Crippen LogP contribution in [0.1, 0.15) is 12.8 Å². The van der Waals surface area contributed by atoms with Gasteiger partial charge in [0.05, 0.1) is 12.1 Å². The summed E-state index contributed by atoms with van der Waals surface area (Å²) >= 11 is 10.9. The number of alkyl halides is 2. The Bertz CT molecular complexity index is 278. The number of hydrogen-bond acceptors (Lipinski definition) is 2. The Kier molecular flexibility index (Phi) is 9.42. The minimum Gasteiger partial charge on any atom is -0.350 e. The van der Waals surface area contributed by atoms with Crippen LogP contribution in [-0.4, -0.2) is 35.7 Å². The molecule has 0 aromatic carbocycles. The van der Waals surface area contributed by atoms with Crippen molar-refractivity contribution >= 4 is 35.0 Å². The van der Waals surface area contributed by atoms with Crippen LogP contribution in [-0.2, 0) is 9.59 Å². The molecule has 102 valence electrons. The smallest absolute Gasteiger partial charge is 0.235 e. The molecule has 0 saturated carbocycles. The maximum atomic E-state index is 11.3. The predicted molar refractivity (Wildman–Crippen MR) is 74.9 cm³/mol. The van der Waals surface area contributed by atoms with Gasteiger partial charge in [-0.2, -0.15) is 0 Å². The maximum Gasteiger partial charge on any atom is 0.235 e. The van der Waals surface area contributed by atoms with Crippen LogP contribution in [0.4, 0.5) is 0 Å². The van der Waals surface area contributed by atoms with E-state index in [1.165, 1.54) is 0 Å². The molecule has 6 heteroatoms. The summed E-state index contributed by atoms with van der Waals surface area (Å²) in [6, 6.07) is -0.558. The summed E-state index contributed by atoms with van der Waals surface area (Å²) in [6.45, 7) is 7.25. The lowest BCUT2D eigenvalue weighted by molar-refractivity contribution is -0.122. The number of amides is 2. The van der Waals surface area contributed by atoms with E-state index in [2.05, 4.69) is 23.8 Å². The van der Waals surface area contributed by atoms with Crippen LogP contribution in [0.5, 0.6) is 0 Å². The fourth-order valence-corrected chi connectivity index (χ4v) is 1.65. The van der Waals surface area contributed by atoms with Crippen molar-refractivity contribution in [2.45, 2.75) is 24.9 Å². The number of rotatable bonds is 9. The fraction of sp³-hybridized carbons (Fsp3) is 0.500. The zero-order valence-electron chi connectivity index (χ0n) is 10.1. The first-order valence-electron chi connectivity index (χ1n) is 5.51. The van der Waals surface area contributed by atoms with Crippen LogP contribution in [0.25, 0.3) is 0 Å². The number of carbonyl (C=O) groups is 2. The summed E-state index contributed by atoms with van der Waals surface area (Å²) in [7, 11) is 0. The molecule has 0 fully saturated rings. The van der Waals surface area contributed by atoms with Crippen molar-refractivity contribution in [3.05, 3.63) is 25.3 Å². The molecular weight excluding hydrogens is 275 g/mol. The third-order valence-corrected chi connectivity index (χ3v) is 2.75. The van der Waals surface area contributed by atoms with Gasteiger partial charge in [0, 0.05) is 0 Å². The topological polar surface area (TPSA) is 58.2 Å².